The van der Waals surface area contributed by atoms with E-state index in [1.807, 2.05) is 25.1 Å². The Morgan fingerprint density at radius 1 is 0.926 bits per heavy atom. The summed E-state index contributed by atoms with van der Waals surface area (Å²) in [5, 5.41) is 8.75. The summed E-state index contributed by atoms with van der Waals surface area (Å²) in [5.74, 6) is 0.876. The largest absolute Gasteiger partial charge is 0.497 e. The molecule has 27 heavy (non-hydrogen) atoms. The Morgan fingerprint density at radius 3 is 2.30 bits per heavy atom. The molecule has 0 saturated carbocycles. The predicted molar refractivity (Wildman–Crippen MR) is 107 cm³/mol. The van der Waals surface area contributed by atoms with Crippen molar-refractivity contribution in [1.82, 2.24) is 0 Å². The van der Waals surface area contributed by atoms with Crippen molar-refractivity contribution >= 4 is 28.9 Å². The van der Waals surface area contributed by atoms with Gasteiger partial charge in [0.05, 0.1) is 26.5 Å². The molecule has 7 nitrogen and oxygen atoms in total. The Hall–Kier alpha value is -3.22. The first-order valence-corrected chi connectivity index (χ1v) is 8.63. The molecule has 0 aliphatic rings. The highest BCUT2D eigenvalue weighted by molar-refractivity contribution is 5.96. The van der Waals surface area contributed by atoms with Crippen LogP contribution in [0.5, 0.6) is 11.5 Å². The Balaban J connectivity index is 2.04. The van der Waals surface area contributed by atoms with Gasteiger partial charge in [0.1, 0.15) is 11.5 Å². The van der Waals surface area contributed by atoms with Crippen LogP contribution in [0.25, 0.3) is 0 Å². The van der Waals surface area contributed by atoms with Gasteiger partial charge in [-0.25, -0.2) is 0 Å². The second-order valence-corrected chi connectivity index (χ2v) is 5.85. The molecule has 0 heterocycles. The minimum Gasteiger partial charge on any atom is -0.497 e. The van der Waals surface area contributed by atoms with Gasteiger partial charge in [-0.1, -0.05) is 13.0 Å². The molecule has 2 aromatic rings. The standard InChI is InChI=1S/C20H25N3O4/c1-5-19(24)22-16-8-6-7-15(13(16)2)21-12-20(25)23-17-11-14(26-3)9-10-18(17)27-4/h6-11,21H,5,12H2,1-4H3,(H,22,24)(H,23,25). The third kappa shape index (κ3) is 5.37. The van der Waals surface area contributed by atoms with Crippen LogP contribution in [0.2, 0.25) is 0 Å². The van der Waals surface area contributed by atoms with E-state index < -0.39 is 0 Å². The molecule has 3 N–H and O–H groups in total. The number of carbonyl (C=O) groups is 2. The van der Waals surface area contributed by atoms with Crippen LogP contribution in [-0.2, 0) is 9.59 Å². The van der Waals surface area contributed by atoms with Gasteiger partial charge in [0.25, 0.3) is 0 Å². The summed E-state index contributed by atoms with van der Waals surface area (Å²) < 4.78 is 10.4. The molecule has 0 spiro atoms. The maximum absolute atomic E-state index is 12.3. The zero-order valence-electron chi connectivity index (χ0n) is 16.0. The monoisotopic (exact) mass is 371 g/mol. The number of methoxy groups -OCH3 is 2. The lowest BCUT2D eigenvalue weighted by Gasteiger charge is -2.15. The summed E-state index contributed by atoms with van der Waals surface area (Å²) in [5.41, 5.74) is 2.90. The second kappa shape index (κ2) is 9.47. The lowest BCUT2D eigenvalue weighted by atomic mass is 10.1. The summed E-state index contributed by atoms with van der Waals surface area (Å²) in [6.45, 7) is 3.74. The molecule has 0 radical (unpaired) electrons. The maximum atomic E-state index is 12.3. The van der Waals surface area contributed by atoms with Gasteiger partial charge in [-0.2, -0.15) is 0 Å². The smallest absolute Gasteiger partial charge is 0.243 e. The Bertz CT molecular complexity index is 821. The van der Waals surface area contributed by atoms with Crippen molar-refractivity contribution in [2.75, 3.05) is 36.7 Å². The van der Waals surface area contributed by atoms with E-state index in [2.05, 4.69) is 16.0 Å². The molecule has 0 fully saturated rings. The number of hydrogen-bond acceptors (Lipinski definition) is 5. The number of rotatable bonds is 8. The molecule has 144 valence electrons. The van der Waals surface area contributed by atoms with Crippen molar-refractivity contribution in [3.63, 3.8) is 0 Å². The number of carbonyl (C=O) groups excluding carboxylic acids is 2. The fourth-order valence-corrected chi connectivity index (χ4v) is 2.48. The molecule has 2 aromatic carbocycles. The fraction of sp³-hybridized carbons (Fsp3) is 0.300. The quantitative estimate of drug-likeness (QED) is 0.662. The number of amides is 2. The van der Waals surface area contributed by atoms with Gasteiger partial charge in [-0.05, 0) is 36.8 Å². The molecule has 0 bridgehead atoms. The molecule has 0 saturated heterocycles. The first-order valence-electron chi connectivity index (χ1n) is 8.63. The van der Waals surface area contributed by atoms with E-state index >= 15 is 0 Å². The van der Waals surface area contributed by atoms with Crippen LogP contribution in [0.1, 0.15) is 18.9 Å². The third-order valence-electron chi connectivity index (χ3n) is 4.05. The highest BCUT2D eigenvalue weighted by atomic mass is 16.5. The van der Waals surface area contributed by atoms with Crippen LogP contribution in [0.15, 0.2) is 36.4 Å². The summed E-state index contributed by atoms with van der Waals surface area (Å²) in [4.78, 5) is 23.9. The van der Waals surface area contributed by atoms with Crippen molar-refractivity contribution in [3.05, 3.63) is 42.0 Å². The summed E-state index contributed by atoms with van der Waals surface area (Å²) >= 11 is 0. The van der Waals surface area contributed by atoms with E-state index in [0.717, 1.165) is 16.9 Å². The SMILES string of the molecule is CCC(=O)Nc1cccc(NCC(=O)Nc2cc(OC)ccc2OC)c1C. The van der Waals surface area contributed by atoms with Gasteiger partial charge in [-0.3, -0.25) is 9.59 Å². The van der Waals surface area contributed by atoms with Gasteiger partial charge in [0.2, 0.25) is 11.8 Å². The van der Waals surface area contributed by atoms with Gasteiger partial charge < -0.3 is 25.4 Å². The van der Waals surface area contributed by atoms with E-state index in [9.17, 15) is 9.59 Å². The van der Waals surface area contributed by atoms with Crippen LogP contribution < -0.4 is 25.4 Å². The van der Waals surface area contributed by atoms with Crippen molar-refractivity contribution in [2.45, 2.75) is 20.3 Å². The molecular formula is C20H25N3O4. The minimum atomic E-state index is -0.232. The van der Waals surface area contributed by atoms with Crippen LogP contribution >= 0.6 is 0 Å². The Kier molecular flexibility index (Phi) is 7.05. The van der Waals surface area contributed by atoms with Crippen LogP contribution in [0, 0.1) is 6.92 Å². The van der Waals surface area contributed by atoms with Crippen molar-refractivity contribution in [1.29, 1.82) is 0 Å². The summed E-state index contributed by atoms with van der Waals surface area (Å²) in [7, 11) is 3.09. The van der Waals surface area contributed by atoms with E-state index in [-0.39, 0.29) is 18.4 Å². The van der Waals surface area contributed by atoms with Gasteiger partial charge in [0.15, 0.2) is 0 Å². The molecule has 0 aliphatic carbocycles. The van der Waals surface area contributed by atoms with Gasteiger partial charge >= 0.3 is 0 Å². The van der Waals surface area contributed by atoms with Crippen LogP contribution in [-0.4, -0.2) is 32.6 Å². The molecule has 0 aromatic heterocycles. The molecule has 0 atom stereocenters. The topological polar surface area (TPSA) is 88.7 Å². The lowest BCUT2D eigenvalue weighted by molar-refractivity contribution is -0.116. The third-order valence-corrected chi connectivity index (χ3v) is 4.05. The number of ether oxygens (including phenoxy) is 2. The number of nitrogens with one attached hydrogen (secondary N) is 3. The lowest BCUT2D eigenvalue weighted by Crippen LogP contribution is -2.22. The molecule has 0 aliphatic heterocycles. The predicted octanol–water partition coefficient (Wildman–Crippen LogP) is 3.41. The molecule has 2 amide bonds. The fourth-order valence-electron chi connectivity index (χ4n) is 2.48. The van der Waals surface area contributed by atoms with Crippen LogP contribution in [0.3, 0.4) is 0 Å². The Morgan fingerprint density at radius 2 is 1.63 bits per heavy atom. The highest BCUT2D eigenvalue weighted by Gasteiger charge is 2.11. The second-order valence-electron chi connectivity index (χ2n) is 5.85. The maximum Gasteiger partial charge on any atom is 0.243 e. The number of anilines is 3. The molecule has 7 heteroatoms. The zero-order valence-corrected chi connectivity index (χ0v) is 16.0. The van der Waals surface area contributed by atoms with Gasteiger partial charge in [-0.15, -0.1) is 0 Å². The number of hydrogen-bond donors (Lipinski definition) is 3. The van der Waals surface area contributed by atoms with E-state index in [1.165, 1.54) is 7.11 Å². The normalized spacial score (nSPS) is 10.1. The first kappa shape index (κ1) is 20.1. The molecular weight excluding hydrogens is 346 g/mol. The average Bonchev–Trinajstić information content (AvgIpc) is 2.68. The van der Waals surface area contributed by atoms with Crippen molar-refractivity contribution < 1.29 is 19.1 Å². The van der Waals surface area contributed by atoms with Crippen molar-refractivity contribution in [3.8, 4) is 11.5 Å². The zero-order chi connectivity index (χ0) is 19.8. The first-order chi connectivity index (χ1) is 13.0. The van der Waals surface area contributed by atoms with E-state index in [0.29, 0.717) is 23.6 Å². The van der Waals surface area contributed by atoms with E-state index in [4.69, 9.17) is 9.47 Å². The van der Waals surface area contributed by atoms with Crippen molar-refractivity contribution in [2.24, 2.45) is 0 Å². The Labute approximate surface area is 159 Å². The molecule has 2 rings (SSSR count). The highest BCUT2D eigenvalue weighted by Crippen LogP contribution is 2.29. The summed E-state index contributed by atoms with van der Waals surface area (Å²) in [6.07, 6.45) is 0.405. The van der Waals surface area contributed by atoms with Crippen LogP contribution in [0.4, 0.5) is 17.1 Å². The minimum absolute atomic E-state index is 0.0573. The summed E-state index contributed by atoms with van der Waals surface area (Å²) in [6, 6.07) is 10.7. The van der Waals surface area contributed by atoms with E-state index in [1.54, 1.807) is 32.2 Å². The van der Waals surface area contributed by atoms with Gasteiger partial charge in [0, 0.05) is 23.9 Å². The average molecular weight is 371 g/mol. The number of benzene rings is 2. The molecule has 0 unspecified atom stereocenters.